The lowest BCUT2D eigenvalue weighted by Crippen LogP contribution is -2.24. The first-order valence-electron chi connectivity index (χ1n) is 5.77. The second-order valence-electron chi connectivity index (χ2n) is 4.87. The maximum absolute atomic E-state index is 11.5. The van der Waals surface area contributed by atoms with Gasteiger partial charge in [-0.1, -0.05) is 13.8 Å². The molecule has 1 N–H and O–H groups in total. The Hall–Kier alpha value is -1.56. The monoisotopic (exact) mass is 216 g/mol. The van der Waals surface area contributed by atoms with Gasteiger partial charge in [0.15, 0.2) is 0 Å². The average Bonchev–Trinajstić information content (AvgIpc) is 2.27. The topological polar surface area (TPSA) is 56.6 Å². The van der Waals surface area contributed by atoms with Gasteiger partial charge in [0.2, 0.25) is 0 Å². The van der Waals surface area contributed by atoms with Gasteiger partial charge >= 0.3 is 0 Å². The Kier molecular flexibility index (Phi) is 2.82. The molecule has 1 aromatic rings. The number of pyridine rings is 1. The van der Waals surface area contributed by atoms with Crippen LogP contribution in [0.25, 0.3) is 0 Å². The summed E-state index contributed by atoms with van der Waals surface area (Å²) in [4.78, 5) is 14.3. The molecule has 0 spiro atoms. The Morgan fingerprint density at radius 1 is 1.56 bits per heavy atom. The van der Waals surface area contributed by atoms with E-state index >= 15 is 0 Å². The van der Waals surface area contributed by atoms with Crippen molar-refractivity contribution < 1.29 is 0 Å². The van der Waals surface area contributed by atoms with Crippen molar-refractivity contribution in [1.82, 2.24) is 4.98 Å². The van der Waals surface area contributed by atoms with Crippen molar-refractivity contribution in [3.8, 4) is 6.07 Å². The van der Waals surface area contributed by atoms with Gasteiger partial charge in [-0.15, -0.1) is 0 Å². The van der Waals surface area contributed by atoms with E-state index < -0.39 is 0 Å². The summed E-state index contributed by atoms with van der Waals surface area (Å²) in [5.74, 6) is 1.33. The van der Waals surface area contributed by atoms with Gasteiger partial charge in [0, 0.05) is 5.69 Å². The minimum atomic E-state index is -0.246. The number of aryl methyl sites for hydroxylation is 1. The fourth-order valence-corrected chi connectivity index (χ4v) is 2.38. The van der Waals surface area contributed by atoms with Crippen LogP contribution in [-0.2, 0) is 12.8 Å². The highest BCUT2D eigenvalue weighted by Crippen LogP contribution is 2.28. The molecule has 1 aliphatic rings. The summed E-state index contributed by atoms with van der Waals surface area (Å²) in [7, 11) is 0. The van der Waals surface area contributed by atoms with Crippen LogP contribution in [0.5, 0.6) is 0 Å². The predicted octanol–water partition coefficient (Wildman–Crippen LogP) is 2.01. The zero-order valence-electron chi connectivity index (χ0n) is 9.71. The number of nitrogens with one attached hydrogen (secondary N) is 1. The van der Waals surface area contributed by atoms with E-state index in [-0.39, 0.29) is 11.1 Å². The minimum absolute atomic E-state index is 0.239. The molecular formula is C13H16N2O. The first-order chi connectivity index (χ1) is 7.61. The van der Waals surface area contributed by atoms with Crippen LogP contribution < -0.4 is 5.56 Å². The van der Waals surface area contributed by atoms with Crippen molar-refractivity contribution in [3.05, 3.63) is 33.2 Å². The Bertz CT molecular complexity index is 494. The number of hydrogen-bond donors (Lipinski definition) is 1. The highest BCUT2D eigenvalue weighted by Gasteiger charge is 2.22. The number of rotatable bonds is 1. The predicted molar refractivity (Wildman–Crippen MR) is 62.1 cm³/mol. The standard InChI is InChI=1S/C13H16N2O/c1-8(2)9-3-4-12-10(5-9)6-11(7-14)13(16)15-12/h6,8-9H,3-5H2,1-2H3,(H,15,16)/t9-/m0/s1. The zero-order chi connectivity index (χ0) is 11.7. The minimum Gasteiger partial charge on any atom is -0.325 e. The lowest BCUT2D eigenvalue weighted by Gasteiger charge is -2.27. The fourth-order valence-electron chi connectivity index (χ4n) is 2.38. The molecule has 0 aromatic carbocycles. The van der Waals surface area contributed by atoms with Crippen molar-refractivity contribution in [2.45, 2.75) is 33.1 Å². The van der Waals surface area contributed by atoms with Gasteiger partial charge in [-0.25, -0.2) is 0 Å². The van der Waals surface area contributed by atoms with Gasteiger partial charge in [-0.3, -0.25) is 4.79 Å². The van der Waals surface area contributed by atoms with E-state index in [1.54, 1.807) is 6.07 Å². The zero-order valence-corrected chi connectivity index (χ0v) is 9.71. The molecule has 0 aliphatic heterocycles. The van der Waals surface area contributed by atoms with Crippen LogP contribution in [0.2, 0.25) is 0 Å². The Balaban J connectivity index is 2.39. The first-order valence-corrected chi connectivity index (χ1v) is 5.77. The number of aromatic amines is 1. The largest absolute Gasteiger partial charge is 0.325 e. The molecule has 0 amide bonds. The second-order valence-corrected chi connectivity index (χ2v) is 4.87. The van der Waals surface area contributed by atoms with Gasteiger partial charge in [0.25, 0.3) is 5.56 Å². The number of fused-ring (bicyclic) bond motifs is 1. The molecule has 0 unspecified atom stereocenters. The van der Waals surface area contributed by atoms with E-state index in [2.05, 4.69) is 18.8 Å². The number of H-pyrrole nitrogens is 1. The lowest BCUT2D eigenvalue weighted by molar-refractivity contribution is 0.340. The molecule has 0 fully saturated rings. The third-order valence-electron chi connectivity index (χ3n) is 3.53. The molecule has 2 rings (SSSR count). The number of nitrogens with zero attached hydrogens (tertiary/aromatic N) is 1. The SMILES string of the molecule is CC(C)[C@H]1CCc2[nH]c(=O)c(C#N)cc2C1. The Labute approximate surface area is 95.1 Å². The third-order valence-corrected chi connectivity index (χ3v) is 3.53. The highest BCUT2D eigenvalue weighted by molar-refractivity contribution is 5.34. The van der Waals surface area contributed by atoms with Crippen LogP contribution in [0.4, 0.5) is 0 Å². The maximum Gasteiger partial charge on any atom is 0.266 e. The van der Waals surface area contributed by atoms with Crippen molar-refractivity contribution in [2.24, 2.45) is 11.8 Å². The summed E-state index contributed by atoms with van der Waals surface area (Å²) < 4.78 is 0. The summed E-state index contributed by atoms with van der Waals surface area (Å²) >= 11 is 0. The van der Waals surface area contributed by atoms with Gasteiger partial charge < -0.3 is 4.98 Å². The number of hydrogen-bond acceptors (Lipinski definition) is 2. The van der Waals surface area contributed by atoms with E-state index in [9.17, 15) is 4.79 Å². The highest BCUT2D eigenvalue weighted by atomic mass is 16.1. The molecule has 1 atom stereocenters. The number of aromatic nitrogens is 1. The summed E-state index contributed by atoms with van der Waals surface area (Å²) in [6.07, 6.45) is 3.05. The third kappa shape index (κ3) is 1.88. The van der Waals surface area contributed by atoms with Crippen LogP contribution in [0.15, 0.2) is 10.9 Å². The first kappa shape index (κ1) is 10.9. The van der Waals surface area contributed by atoms with Gasteiger partial charge in [-0.05, 0) is 42.7 Å². The quantitative estimate of drug-likeness (QED) is 0.780. The molecule has 1 aliphatic carbocycles. The molecule has 0 saturated heterocycles. The van der Waals surface area contributed by atoms with Gasteiger partial charge in [-0.2, -0.15) is 5.26 Å². The van der Waals surface area contributed by atoms with Crippen molar-refractivity contribution in [3.63, 3.8) is 0 Å². The van der Waals surface area contributed by atoms with E-state index in [0.717, 1.165) is 30.5 Å². The number of nitriles is 1. The van der Waals surface area contributed by atoms with Crippen molar-refractivity contribution >= 4 is 0 Å². The van der Waals surface area contributed by atoms with Crippen LogP contribution >= 0.6 is 0 Å². The molecule has 3 nitrogen and oxygen atoms in total. The molecule has 1 aromatic heterocycles. The van der Waals surface area contributed by atoms with Crippen LogP contribution in [0, 0.1) is 23.2 Å². The molecule has 0 bridgehead atoms. The second kappa shape index (κ2) is 4.13. The van der Waals surface area contributed by atoms with E-state index in [1.807, 2.05) is 6.07 Å². The molecule has 16 heavy (non-hydrogen) atoms. The lowest BCUT2D eigenvalue weighted by atomic mass is 9.80. The van der Waals surface area contributed by atoms with Gasteiger partial charge in [0.1, 0.15) is 11.6 Å². The molecule has 0 saturated carbocycles. The van der Waals surface area contributed by atoms with E-state index in [0.29, 0.717) is 11.8 Å². The van der Waals surface area contributed by atoms with Crippen molar-refractivity contribution in [2.75, 3.05) is 0 Å². The van der Waals surface area contributed by atoms with Crippen LogP contribution in [0.3, 0.4) is 0 Å². The molecule has 0 radical (unpaired) electrons. The Morgan fingerprint density at radius 2 is 2.31 bits per heavy atom. The van der Waals surface area contributed by atoms with Crippen molar-refractivity contribution in [1.29, 1.82) is 5.26 Å². The average molecular weight is 216 g/mol. The summed E-state index contributed by atoms with van der Waals surface area (Å²) in [5.41, 5.74) is 2.18. The van der Waals surface area contributed by atoms with Crippen LogP contribution in [-0.4, -0.2) is 4.98 Å². The summed E-state index contributed by atoms with van der Waals surface area (Å²) in [5, 5.41) is 8.83. The molecular weight excluding hydrogens is 200 g/mol. The summed E-state index contributed by atoms with van der Waals surface area (Å²) in [6.45, 7) is 4.46. The Morgan fingerprint density at radius 3 is 2.94 bits per heavy atom. The normalized spacial score (nSPS) is 19.2. The van der Waals surface area contributed by atoms with E-state index in [4.69, 9.17) is 5.26 Å². The van der Waals surface area contributed by atoms with Gasteiger partial charge in [0.05, 0.1) is 0 Å². The maximum atomic E-state index is 11.5. The smallest absolute Gasteiger partial charge is 0.266 e. The molecule has 3 heteroatoms. The molecule has 84 valence electrons. The van der Waals surface area contributed by atoms with E-state index in [1.165, 1.54) is 0 Å². The van der Waals surface area contributed by atoms with Crippen LogP contribution in [0.1, 0.15) is 37.1 Å². The summed E-state index contributed by atoms with van der Waals surface area (Å²) in [6, 6.07) is 3.71. The molecule has 1 heterocycles. The fraction of sp³-hybridized carbons (Fsp3) is 0.538.